The normalized spacial score (nSPS) is 10.7. The molecule has 0 saturated carbocycles. The standard InChI is InChI=1S/C22H26N4O2S2/c1-5-26-14-17(15(2)24-26)13-25(3)22(29)23-20-19(21(27)28-4)12-18(30-20)11-16-9-7-6-8-10-16/h6-10,12,14H,5,11,13H2,1-4H3,(H,23,29). The Morgan fingerprint density at radius 1 is 1.33 bits per heavy atom. The Kier molecular flexibility index (Phi) is 7.23. The van der Waals surface area contributed by atoms with Gasteiger partial charge in [-0.15, -0.1) is 11.3 Å². The van der Waals surface area contributed by atoms with Crippen molar-refractivity contribution in [1.29, 1.82) is 0 Å². The molecule has 0 amide bonds. The second kappa shape index (κ2) is 9.86. The van der Waals surface area contributed by atoms with Gasteiger partial charge in [0.2, 0.25) is 0 Å². The van der Waals surface area contributed by atoms with E-state index in [1.54, 1.807) is 0 Å². The van der Waals surface area contributed by atoms with E-state index in [1.165, 1.54) is 24.0 Å². The highest BCUT2D eigenvalue weighted by Crippen LogP contribution is 2.31. The molecule has 3 aromatic rings. The third-order valence-electron chi connectivity index (χ3n) is 4.76. The number of thiophene rings is 1. The Labute approximate surface area is 186 Å². The van der Waals surface area contributed by atoms with Crippen molar-refractivity contribution in [2.24, 2.45) is 0 Å². The molecule has 2 aromatic heterocycles. The number of carbonyl (C=O) groups excluding carboxylic acids is 1. The molecule has 0 spiro atoms. The van der Waals surface area contributed by atoms with Crippen LogP contribution in [0.2, 0.25) is 0 Å². The van der Waals surface area contributed by atoms with Gasteiger partial charge in [0.25, 0.3) is 0 Å². The topological polar surface area (TPSA) is 59.4 Å². The molecule has 3 rings (SSSR count). The molecular formula is C22H26N4O2S2. The summed E-state index contributed by atoms with van der Waals surface area (Å²) in [5.41, 5.74) is 3.79. The van der Waals surface area contributed by atoms with E-state index in [0.717, 1.165) is 29.1 Å². The van der Waals surface area contributed by atoms with Crippen molar-refractivity contribution < 1.29 is 9.53 Å². The molecule has 0 fully saturated rings. The van der Waals surface area contributed by atoms with Crippen LogP contribution in [0.3, 0.4) is 0 Å². The largest absolute Gasteiger partial charge is 0.465 e. The first-order valence-electron chi connectivity index (χ1n) is 9.71. The van der Waals surface area contributed by atoms with Gasteiger partial charge in [0, 0.05) is 43.2 Å². The number of hydrogen-bond donors (Lipinski definition) is 1. The first kappa shape index (κ1) is 22.0. The van der Waals surface area contributed by atoms with E-state index >= 15 is 0 Å². The Morgan fingerprint density at radius 2 is 2.07 bits per heavy atom. The molecule has 6 nitrogen and oxygen atoms in total. The van der Waals surface area contributed by atoms with Crippen molar-refractivity contribution in [3.05, 3.63) is 69.9 Å². The number of anilines is 1. The average Bonchev–Trinajstić information content (AvgIpc) is 3.30. The van der Waals surface area contributed by atoms with Gasteiger partial charge in [0.15, 0.2) is 5.11 Å². The minimum Gasteiger partial charge on any atom is -0.465 e. The van der Waals surface area contributed by atoms with Crippen LogP contribution >= 0.6 is 23.6 Å². The number of benzene rings is 1. The third-order valence-corrected chi connectivity index (χ3v) is 6.22. The van der Waals surface area contributed by atoms with Crippen LogP contribution in [-0.2, 0) is 24.2 Å². The number of thiocarbonyl (C=S) groups is 1. The fraction of sp³-hybridized carbons (Fsp3) is 0.318. The van der Waals surface area contributed by atoms with Crippen LogP contribution in [0.5, 0.6) is 0 Å². The Hall–Kier alpha value is -2.71. The summed E-state index contributed by atoms with van der Waals surface area (Å²) in [6.07, 6.45) is 2.78. The summed E-state index contributed by atoms with van der Waals surface area (Å²) < 4.78 is 6.88. The van der Waals surface area contributed by atoms with Crippen molar-refractivity contribution in [1.82, 2.24) is 14.7 Å². The zero-order valence-corrected chi connectivity index (χ0v) is 19.3. The second-order valence-electron chi connectivity index (χ2n) is 6.99. The average molecular weight is 443 g/mol. The van der Waals surface area contributed by atoms with Crippen LogP contribution in [0, 0.1) is 6.92 Å². The van der Waals surface area contributed by atoms with Gasteiger partial charge < -0.3 is 15.0 Å². The summed E-state index contributed by atoms with van der Waals surface area (Å²) in [7, 11) is 3.31. The molecule has 2 heterocycles. The number of aromatic nitrogens is 2. The van der Waals surface area contributed by atoms with Crippen LogP contribution < -0.4 is 5.32 Å². The van der Waals surface area contributed by atoms with Gasteiger partial charge in [-0.25, -0.2) is 4.79 Å². The number of hydrogen-bond acceptors (Lipinski definition) is 5. The number of aryl methyl sites for hydroxylation is 2. The molecule has 0 aliphatic carbocycles. The summed E-state index contributed by atoms with van der Waals surface area (Å²) in [5, 5.41) is 8.96. The molecular weight excluding hydrogens is 416 g/mol. The molecule has 0 saturated heterocycles. The number of ether oxygens (including phenoxy) is 1. The second-order valence-corrected chi connectivity index (χ2v) is 8.51. The molecule has 30 heavy (non-hydrogen) atoms. The van der Waals surface area contributed by atoms with Crippen LogP contribution in [-0.4, -0.2) is 39.9 Å². The molecule has 0 aliphatic rings. The summed E-state index contributed by atoms with van der Waals surface area (Å²) in [5.74, 6) is -0.376. The van der Waals surface area contributed by atoms with E-state index in [9.17, 15) is 4.79 Å². The van der Waals surface area contributed by atoms with Gasteiger partial charge in [-0.2, -0.15) is 5.10 Å². The van der Waals surface area contributed by atoms with Gasteiger partial charge in [-0.05, 0) is 37.7 Å². The fourth-order valence-corrected chi connectivity index (χ4v) is 4.39. The summed E-state index contributed by atoms with van der Waals surface area (Å²) in [6, 6.07) is 12.0. The number of nitrogens with one attached hydrogen (secondary N) is 1. The number of methoxy groups -OCH3 is 1. The lowest BCUT2D eigenvalue weighted by molar-refractivity contribution is 0.0602. The van der Waals surface area contributed by atoms with Gasteiger partial charge in [-0.1, -0.05) is 30.3 Å². The molecule has 0 aliphatic heterocycles. The zero-order valence-electron chi connectivity index (χ0n) is 17.6. The quantitative estimate of drug-likeness (QED) is 0.430. The van der Waals surface area contributed by atoms with Gasteiger partial charge in [0.1, 0.15) is 5.00 Å². The maximum atomic E-state index is 12.3. The highest BCUT2D eigenvalue weighted by atomic mass is 32.1. The minimum absolute atomic E-state index is 0.376. The van der Waals surface area contributed by atoms with E-state index in [0.29, 0.717) is 22.2 Å². The van der Waals surface area contributed by atoms with Crippen LogP contribution in [0.15, 0.2) is 42.6 Å². The summed E-state index contributed by atoms with van der Waals surface area (Å²) >= 11 is 7.12. The Morgan fingerprint density at radius 3 is 2.70 bits per heavy atom. The highest BCUT2D eigenvalue weighted by molar-refractivity contribution is 7.80. The molecule has 1 N–H and O–H groups in total. The summed E-state index contributed by atoms with van der Waals surface area (Å²) in [4.78, 5) is 15.3. The Balaban J connectivity index is 1.75. The molecule has 1 aromatic carbocycles. The van der Waals surface area contributed by atoms with E-state index in [2.05, 4.69) is 29.5 Å². The lowest BCUT2D eigenvalue weighted by Gasteiger charge is -2.20. The molecule has 0 unspecified atom stereocenters. The van der Waals surface area contributed by atoms with Gasteiger partial charge in [0.05, 0.1) is 18.4 Å². The molecule has 0 atom stereocenters. The molecule has 0 bridgehead atoms. The predicted molar refractivity (Wildman–Crippen MR) is 125 cm³/mol. The molecule has 158 valence electrons. The number of esters is 1. The summed E-state index contributed by atoms with van der Waals surface area (Å²) in [6.45, 7) is 5.52. The minimum atomic E-state index is -0.376. The van der Waals surface area contributed by atoms with Crippen LogP contribution in [0.25, 0.3) is 0 Å². The first-order valence-corrected chi connectivity index (χ1v) is 10.9. The van der Waals surface area contributed by atoms with E-state index in [-0.39, 0.29) is 5.97 Å². The first-order chi connectivity index (χ1) is 14.4. The Bertz CT molecular complexity index is 1030. The highest BCUT2D eigenvalue weighted by Gasteiger charge is 2.19. The lowest BCUT2D eigenvalue weighted by Crippen LogP contribution is -2.30. The van der Waals surface area contributed by atoms with E-state index in [4.69, 9.17) is 17.0 Å². The van der Waals surface area contributed by atoms with Crippen molar-refractivity contribution in [2.75, 3.05) is 19.5 Å². The predicted octanol–water partition coefficient (Wildman–Crippen LogP) is 4.48. The van der Waals surface area contributed by atoms with E-state index < -0.39 is 0 Å². The zero-order chi connectivity index (χ0) is 21.7. The lowest BCUT2D eigenvalue weighted by atomic mass is 10.1. The fourth-order valence-electron chi connectivity index (χ4n) is 3.08. The number of carbonyl (C=O) groups is 1. The van der Waals surface area contributed by atoms with E-state index in [1.807, 2.05) is 54.0 Å². The van der Waals surface area contributed by atoms with Crippen molar-refractivity contribution >= 4 is 39.6 Å². The van der Waals surface area contributed by atoms with Crippen LogP contribution in [0.1, 0.15) is 39.0 Å². The molecule has 8 heteroatoms. The van der Waals surface area contributed by atoms with Crippen molar-refractivity contribution in [3.8, 4) is 0 Å². The van der Waals surface area contributed by atoms with Crippen molar-refractivity contribution in [2.45, 2.75) is 33.4 Å². The monoisotopic (exact) mass is 442 g/mol. The number of rotatable bonds is 7. The van der Waals surface area contributed by atoms with Crippen molar-refractivity contribution in [3.63, 3.8) is 0 Å². The SMILES string of the molecule is CCn1cc(CN(C)C(=S)Nc2sc(Cc3ccccc3)cc2C(=O)OC)c(C)n1. The number of nitrogens with zero attached hydrogens (tertiary/aromatic N) is 3. The molecule has 0 radical (unpaired) electrons. The smallest absolute Gasteiger partial charge is 0.340 e. The van der Waals surface area contributed by atoms with Gasteiger partial charge >= 0.3 is 5.97 Å². The van der Waals surface area contributed by atoms with Gasteiger partial charge in [-0.3, -0.25) is 4.68 Å². The van der Waals surface area contributed by atoms with Crippen LogP contribution in [0.4, 0.5) is 5.00 Å². The maximum absolute atomic E-state index is 12.3. The maximum Gasteiger partial charge on any atom is 0.340 e. The third kappa shape index (κ3) is 5.25.